The second-order valence-electron chi connectivity index (χ2n) is 6.43. The monoisotopic (exact) mass is 387 g/mol. The predicted octanol–water partition coefficient (Wildman–Crippen LogP) is 1.39. The first-order valence-electron chi connectivity index (χ1n) is 9.22. The standard InChI is InChI=1S/C18H25N7O3/c1-19-18(21-8-7-20-16-4-2-3-5-17(16)25(26)27)24-11-9-23(10-12-24)14-15-6-13-28-22-15/h2-6,13,20H,7-12,14H2,1H3,(H,19,21). The van der Waals surface area contributed by atoms with E-state index in [1.54, 1.807) is 31.5 Å². The van der Waals surface area contributed by atoms with Crippen LogP contribution in [0.3, 0.4) is 0 Å². The molecule has 0 aliphatic carbocycles. The highest BCUT2D eigenvalue weighted by Crippen LogP contribution is 2.22. The number of aromatic nitrogens is 1. The fourth-order valence-electron chi connectivity index (χ4n) is 3.15. The van der Waals surface area contributed by atoms with Gasteiger partial charge in [-0.15, -0.1) is 0 Å². The summed E-state index contributed by atoms with van der Waals surface area (Å²) in [5.74, 6) is 0.838. The Hall–Kier alpha value is -3.14. The Labute approximate surface area is 163 Å². The highest BCUT2D eigenvalue weighted by Gasteiger charge is 2.20. The topological polar surface area (TPSA) is 112 Å². The van der Waals surface area contributed by atoms with Crippen molar-refractivity contribution in [1.82, 2.24) is 20.3 Å². The van der Waals surface area contributed by atoms with Crippen molar-refractivity contribution in [3.63, 3.8) is 0 Å². The number of rotatable bonds is 7. The van der Waals surface area contributed by atoms with Crippen LogP contribution in [0.4, 0.5) is 11.4 Å². The maximum absolute atomic E-state index is 11.1. The summed E-state index contributed by atoms with van der Waals surface area (Å²) in [6.07, 6.45) is 1.59. The van der Waals surface area contributed by atoms with E-state index in [1.807, 2.05) is 6.07 Å². The van der Waals surface area contributed by atoms with Gasteiger partial charge >= 0.3 is 0 Å². The van der Waals surface area contributed by atoms with Crippen molar-refractivity contribution in [2.45, 2.75) is 6.54 Å². The molecule has 0 radical (unpaired) electrons. The molecule has 3 rings (SSSR count). The number of nitro groups is 1. The van der Waals surface area contributed by atoms with E-state index in [1.165, 1.54) is 6.07 Å². The van der Waals surface area contributed by atoms with Crippen LogP contribution in [0.2, 0.25) is 0 Å². The van der Waals surface area contributed by atoms with Crippen LogP contribution in [0.1, 0.15) is 5.69 Å². The molecule has 0 spiro atoms. The van der Waals surface area contributed by atoms with Crippen LogP contribution in [0.15, 0.2) is 46.1 Å². The first-order chi connectivity index (χ1) is 13.7. The maximum atomic E-state index is 11.1. The van der Waals surface area contributed by atoms with Gasteiger partial charge in [-0.25, -0.2) is 0 Å². The average molecular weight is 387 g/mol. The van der Waals surface area contributed by atoms with Gasteiger partial charge in [0.15, 0.2) is 5.96 Å². The minimum Gasteiger partial charge on any atom is -0.378 e. The minimum absolute atomic E-state index is 0.0788. The first kappa shape index (κ1) is 19.6. The zero-order valence-electron chi connectivity index (χ0n) is 15.9. The van der Waals surface area contributed by atoms with Crippen molar-refractivity contribution in [2.75, 3.05) is 51.6 Å². The van der Waals surface area contributed by atoms with Crippen LogP contribution < -0.4 is 10.6 Å². The zero-order valence-corrected chi connectivity index (χ0v) is 15.9. The van der Waals surface area contributed by atoms with E-state index in [4.69, 9.17) is 4.52 Å². The van der Waals surface area contributed by atoms with E-state index in [0.29, 0.717) is 18.8 Å². The summed E-state index contributed by atoms with van der Waals surface area (Å²) >= 11 is 0. The number of nitrogens with one attached hydrogen (secondary N) is 2. The van der Waals surface area contributed by atoms with Gasteiger partial charge in [0.1, 0.15) is 12.0 Å². The molecule has 2 N–H and O–H groups in total. The number of hydrogen-bond donors (Lipinski definition) is 2. The summed E-state index contributed by atoms with van der Waals surface area (Å²) < 4.78 is 4.88. The number of para-hydroxylation sites is 2. The molecular formula is C18H25N7O3. The molecule has 28 heavy (non-hydrogen) atoms. The maximum Gasteiger partial charge on any atom is 0.292 e. The molecule has 0 bridgehead atoms. The Morgan fingerprint density at radius 2 is 2.04 bits per heavy atom. The molecule has 0 unspecified atom stereocenters. The van der Waals surface area contributed by atoms with Crippen LogP contribution in [0.5, 0.6) is 0 Å². The average Bonchev–Trinajstić information content (AvgIpc) is 3.22. The highest BCUT2D eigenvalue weighted by atomic mass is 16.6. The van der Waals surface area contributed by atoms with Crippen molar-refractivity contribution >= 4 is 17.3 Å². The van der Waals surface area contributed by atoms with Gasteiger partial charge in [0.25, 0.3) is 5.69 Å². The lowest BCUT2D eigenvalue weighted by molar-refractivity contribution is -0.384. The Bertz CT molecular complexity index is 786. The van der Waals surface area contributed by atoms with E-state index in [0.717, 1.165) is 44.4 Å². The van der Waals surface area contributed by atoms with E-state index >= 15 is 0 Å². The van der Waals surface area contributed by atoms with Gasteiger partial charge in [0.2, 0.25) is 0 Å². The summed E-state index contributed by atoms with van der Waals surface area (Å²) in [4.78, 5) is 19.6. The number of nitrogens with zero attached hydrogens (tertiary/aromatic N) is 5. The number of piperazine rings is 1. The van der Waals surface area contributed by atoms with E-state index < -0.39 is 0 Å². The van der Waals surface area contributed by atoms with Crippen molar-refractivity contribution in [1.29, 1.82) is 0 Å². The lowest BCUT2D eigenvalue weighted by atomic mass is 10.2. The third-order valence-corrected chi connectivity index (χ3v) is 4.58. The molecule has 1 saturated heterocycles. The van der Waals surface area contributed by atoms with Crippen LogP contribution >= 0.6 is 0 Å². The minimum atomic E-state index is -0.382. The number of anilines is 1. The van der Waals surface area contributed by atoms with Gasteiger partial charge in [-0.05, 0) is 6.07 Å². The van der Waals surface area contributed by atoms with Crippen molar-refractivity contribution in [3.8, 4) is 0 Å². The second-order valence-corrected chi connectivity index (χ2v) is 6.43. The number of aliphatic imine (C=N–C) groups is 1. The Kier molecular flexibility index (Phi) is 6.79. The SMILES string of the molecule is CN=C(NCCNc1ccccc1[N+](=O)[O-])N1CCN(Cc2ccon2)CC1. The molecule has 2 aromatic rings. The lowest BCUT2D eigenvalue weighted by Gasteiger charge is -2.36. The third-order valence-electron chi connectivity index (χ3n) is 4.58. The molecule has 1 aliphatic rings. The first-order valence-corrected chi connectivity index (χ1v) is 9.22. The third kappa shape index (κ3) is 5.19. The van der Waals surface area contributed by atoms with Crippen molar-refractivity contribution < 1.29 is 9.45 Å². The zero-order chi connectivity index (χ0) is 19.8. The molecule has 150 valence electrons. The molecular weight excluding hydrogens is 362 g/mol. The predicted molar refractivity (Wildman–Crippen MR) is 106 cm³/mol. The largest absolute Gasteiger partial charge is 0.378 e. The molecule has 1 aromatic heterocycles. The lowest BCUT2D eigenvalue weighted by Crippen LogP contribution is -2.52. The van der Waals surface area contributed by atoms with Gasteiger partial charge in [0.05, 0.1) is 10.6 Å². The normalized spacial score (nSPS) is 15.5. The smallest absolute Gasteiger partial charge is 0.292 e. The van der Waals surface area contributed by atoms with Crippen LogP contribution in [0.25, 0.3) is 0 Å². The molecule has 2 heterocycles. The van der Waals surface area contributed by atoms with E-state index in [2.05, 4.69) is 30.6 Å². The Morgan fingerprint density at radius 1 is 1.25 bits per heavy atom. The van der Waals surface area contributed by atoms with Crippen LogP contribution in [-0.2, 0) is 6.54 Å². The summed E-state index contributed by atoms with van der Waals surface area (Å²) in [5.41, 5.74) is 1.54. The van der Waals surface area contributed by atoms with Crippen molar-refractivity contribution in [3.05, 3.63) is 52.4 Å². The van der Waals surface area contributed by atoms with Crippen molar-refractivity contribution in [2.24, 2.45) is 4.99 Å². The number of benzene rings is 1. The van der Waals surface area contributed by atoms with Crippen LogP contribution in [0, 0.1) is 10.1 Å². The fourth-order valence-corrected chi connectivity index (χ4v) is 3.15. The summed E-state index contributed by atoms with van der Waals surface area (Å²) in [6, 6.07) is 8.52. The summed E-state index contributed by atoms with van der Waals surface area (Å²) in [6.45, 7) is 5.53. The van der Waals surface area contributed by atoms with Gasteiger partial charge in [-0.3, -0.25) is 20.0 Å². The Balaban J connectivity index is 1.41. The highest BCUT2D eigenvalue weighted by molar-refractivity contribution is 5.80. The number of nitro benzene ring substituents is 1. The quantitative estimate of drug-likeness (QED) is 0.241. The molecule has 10 nitrogen and oxygen atoms in total. The van der Waals surface area contributed by atoms with Crippen LogP contribution in [-0.4, -0.2) is 72.2 Å². The summed E-state index contributed by atoms with van der Waals surface area (Å²) in [7, 11) is 1.76. The van der Waals surface area contributed by atoms with Gasteiger partial charge in [0, 0.05) is 65.0 Å². The second kappa shape index (κ2) is 9.70. The molecule has 0 amide bonds. The molecule has 10 heteroatoms. The molecule has 1 aromatic carbocycles. The molecule has 0 saturated carbocycles. The fraction of sp³-hybridized carbons (Fsp3) is 0.444. The Morgan fingerprint density at radius 3 is 2.71 bits per heavy atom. The van der Waals surface area contributed by atoms with E-state index in [-0.39, 0.29) is 10.6 Å². The molecule has 0 atom stereocenters. The summed E-state index contributed by atoms with van der Waals surface area (Å²) in [5, 5.41) is 21.4. The number of guanidine groups is 1. The van der Waals surface area contributed by atoms with Gasteiger partial charge in [-0.2, -0.15) is 0 Å². The molecule has 1 fully saturated rings. The van der Waals surface area contributed by atoms with Gasteiger partial charge in [-0.1, -0.05) is 17.3 Å². The van der Waals surface area contributed by atoms with Gasteiger partial charge < -0.3 is 20.1 Å². The number of hydrogen-bond acceptors (Lipinski definition) is 7. The molecule has 1 aliphatic heterocycles. The van der Waals surface area contributed by atoms with E-state index in [9.17, 15) is 10.1 Å².